The Hall–Kier alpha value is -1.19. The van der Waals surface area contributed by atoms with Gasteiger partial charge in [0.2, 0.25) is 10.0 Å². The second-order valence-electron chi connectivity index (χ2n) is 4.74. The first-order chi connectivity index (χ1) is 8.47. The van der Waals surface area contributed by atoms with E-state index in [4.69, 9.17) is 5.73 Å². The first-order valence-corrected chi connectivity index (χ1v) is 8.74. The number of nitrogens with one attached hydrogen (secondary N) is 1. The summed E-state index contributed by atoms with van der Waals surface area (Å²) in [6, 6.07) is 2.74. The SMILES string of the molecule is CC(C)(CNS(=O)(=O)c1cccnc1N)S(C)(=O)=O. The fourth-order valence-electron chi connectivity index (χ4n) is 1.11. The van der Waals surface area contributed by atoms with E-state index in [9.17, 15) is 16.8 Å². The number of nitrogens with two attached hydrogens (primary N) is 1. The number of hydrogen-bond acceptors (Lipinski definition) is 6. The summed E-state index contributed by atoms with van der Waals surface area (Å²) in [6.45, 7) is 2.64. The maximum atomic E-state index is 12.0. The van der Waals surface area contributed by atoms with Crippen molar-refractivity contribution in [3.63, 3.8) is 0 Å². The summed E-state index contributed by atoms with van der Waals surface area (Å²) in [5.74, 6) is -0.132. The Bertz CT molecular complexity index is 666. The molecule has 1 aromatic rings. The number of pyridine rings is 1. The summed E-state index contributed by atoms with van der Waals surface area (Å²) in [5.41, 5.74) is 5.48. The molecule has 0 saturated carbocycles. The van der Waals surface area contributed by atoms with Crippen molar-refractivity contribution in [2.24, 2.45) is 0 Å². The Morgan fingerprint density at radius 2 is 1.89 bits per heavy atom. The summed E-state index contributed by atoms with van der Waals surface area (Å²) in [4.78, 5) is 3.51. The lowest BCUT2D eigenvalue weighted by atomic mass is 10.2. The molecule has 0 unspecified atom stereocenters. The third kappa shape index (κ3) is 3.64. The summed E-state index contributed by atoms with van der Waals surface area (Å²) >= 11 is 0. The van der Waals surface area contributed by atoms with Gasteiger partial charge in [-0.05, 0) is 26.0 Å². The van der Waals surface area contributed by atoms with Gasteiger partial charge >= 0.3 is 0 Å². The molecule has 0 bridgehead atoms. The average Bonchev–Trinajstić information content (AvgIpc) is 2.25. The van der Waals surface area contributed by atoms with Crippen molar-refractivity contribution in [2.75, 3.05) is 18.5 Å². The van der Waals surface area contributed by atoms with Gasteiger partial charge < -0.3 is 5.73 Å². The van der Waals surface area contributed by atoms with Crippen molar-refractivity contribution in [3.8, 4) is 0 Å². The molecule has 0 amide bonds. The van der Waals surface area contributed by atoms with Crippen LogP contribution in [0.15, 0.2) is 23.2 Å². The molecule has 1 rings (SSSR count). The number of rotatable bonds is 5. The number of sulfone groups is 1. The van der Waals surface area contributed by atoms with E-state index < -0.39 is 24.6 Å². The van der Waals surface area contributed by atoms with Crippen molar-refractivity contribution in [2.45, 2.75) is 23.5 Å². The number of hydrogen-bond donors (Lipinski definition) is 2. The van der Waals surface area contributed by atoms with Gasteiger partial charge in [-0.1, -0.05) is 0 Å². The fraction of sp³-hybridized carbons (Fsp3) is 0.500. The van der Waals surface area contributed by atoms with Crippen molar-refractivity contribution in [1.82, 2.24) is 9.71 Å². The smallest absolute Gasteiger partial charge is 0.244 e. The van der Waals surface area contributed by atoms with E-state index in [1.54, 1.807) is 0 Å². The van der Waals surface area contributed by atoms with Gasteiger partial charge in [0, 0.05) is 19.0 Å². The Balaban J connectivity index is 2.99. The third-order valence-corrected chi connectivity index (χ3v) is 6.38. The molecule has 0 aliphatic rings. The molecule has 108 valence electrons. The van der Waals surface area contributed by atoms with Crippen LogP contribution in [0, 0.1) is 0 Å². The van der Waals surface area contributed by atoms with Crippen molar-refractivity contribution >= 4 is 25.7 Å². The highest BCUT2D eigenvalue weighted by molar-refractivity contribution is 7.92. The molecule has 0 radical (unpaired) electrons. The van der Waals surface area contributed by atoms with Gasteiger partial charge in [-0.3, -0.25) is 0 Å². The molecule has 3 N–H and O–H groups in total. The van der Waals surface area contributed by atoms with Gasteiger partial charge in [-0.15, -0.1) is 0 Å². The Labute approximate surface area is 113 Å². The molecule has 0 aromatic carbocycles. The summed E-state index contributed by atoms with van der Waals surface area (Å²) in [6.07, 6.45) is 2.43. The molecular weight excluding hydrogens is 290 g/mol. The molecule has 0 fully saturated rings. The van der Waals surface area contributed by atoms with Gasteiger partial charge in [-0.25, -0.2) is 26.5 Å². The lowest BCUT2D eigenvalue weighted by Crippen LogP contribution is -2.43. The highest BCUT2D eigenvalue weighted by Gasteiger charge is 2.32. The highest BCUT2D eigenvalue weighted by atomic mass is 32.2. The molecule has 0 saturated heterocycles. The normalized spacial score (nSPS) is 13.4. The maximum Gasteiger partial charge on any atom is 0.244 e. The molecule has 1 aromatic heterocycles. The van der Waals surface area contributed by atoms with E-state index in [-0.39, 0.29) is 17.3 Å². The van der Waals surface area contributed by atoms with Crippen LogP contribution in [0.2, 0.25) is 0 Å². The van der Waals surface area contributed by atoms with E-state index in [1.807, 2.05) is 0 Å². The molecule has 19 heavy (non-hydrogen) atoms. The molecule has 0 aliphatic heterocycles. The van der Waals surface area contributed by atoms with E-state index in [2.05, 4.69) is 9.71 Å². The lowest BCUT2D eigenvalue weighted by molar-refractivity contribution is 0.537. The highest BCUT2D eigenvalue weighted by Crippen LogP contribution is 2.17. The minimum absolute atomic E-state index is 0.132. The van der Waals surface area contributed by atoms with Crippen LogP contribution in [-0.2, 0) is 19.9 Å². The van der Waals surface area contributed by atoms with Gasteiger partial charge in [0.25, 0.3) is 0 Å². The summed E-state index contributed by atoms with van der Waals surface area (Å²) in [7, 11) is -7.28. The monoisotopic (exact) mass is 307 g/mol. The standard InChI is InChI=1S/C10H17N3O4S2/c1-10(2,18(3,14)15)7-13-19(16,17)8-5-4-6-12-9(8)11/h4-6,13H,7H2,1-3H3,(H2,11,12). The molecule has 0 atom stereocenters. The number of aromatic nitrogens is 1. The average molecular weight is 307 g/mol. The van der Waals surface area contributed by atoms with E-state index in [0.717, 1.165) is 6.26 Å². The van der Waals surface area contributed by atoms with Crippen LogP contribution in [0.4, 0.5) is 5.82 Å². The van der Waals surface area contributed by atoms with Crippen LogP contribution >= 0.6 is 0 Å². The predicted molar refractivity (Wildman–Crippen MR) is 72.8 cm³/mol. The molecule has 0 aliphatic carbocycles. The third-order valence-electron chi connectivity index (χ3n) is 2.78. The largest absolute Gasteiger partial charge is 0.383 e. The minimum atomic E-state index is -3.89. The van der Waals surface area contributed by atoms with Crippen LogP contribution in [0.5, 0.6) is 0 Å². The second-order valence-corrected chi connectivity index (χ2v) is 9.13. The Morgan fingerprint density at radius 1 is 1.32 bits per heavy atom. The van der Waals surface area contributed by atoms with E-state index in [0.29, 0.717) is 0 Å². The predicted octanol–water partition coefficient (Wildman–Crippen LogP) is -0.235. The zero-order chi connectivity index (χ0) is 14.9. The summed E-state index contributed by atoms with van der Waals surface area (Å²) in [5, 5.41) is 0. The fourth-order valence-corrected chi connectivity index (χ4v) is 2.83. The number of sulfonamides is 1. The molecule has 7 nitrogen and oxygen atoms in total. The van der Waals surface area contributed by atoms with Gasteiger partial charge in [0.05, 0.1) is 4.75 Å². The molecule has 0 spiro atoms. The van der Waals surface area contributed by atoms with Crippen molar-refractivity contribution < 1.29 is 16.8 Å². The van der Waals surface area contributed by atoms with Crippen LogP contribution < -0.4 is 10.5 Å². The topological polar surface area (TPSA) is 119 Å². The van der Waals surface area contributed by atoms with Gasteiger partial charge in [-0.2, -0.15) is 0 Å². The lowest BCUT2D eigenvalue weighted by Gasteiger charge is -2.22. The number of anilines is 1. The first-order valence-electron chi connectivity index (χ1n) is 5.37. The van der Waals surface area contributed by atoms with Crippen LogP contribution in [0.25, 0.3) is 0 Å². The Kier molecular flexibility index (Phi) is 4.23. The van der Waals surface area contributed by atoms with Crippen LogP contribution in [0.1, 0.15) is 13.8 Å². The minimum Gasteiger partial charge on any atom is -0.383 e. The molecule has 9 heteroatoms. The van der Waals surface area contributed by atoms with Crippen molar-refractivity contribution in [1.29, 1.82) is 0 Å². The molecule has 1 heterocycles. The second kappa shape index (κ2) is 5.06. The quantitative estimate of drug-likeness (QED) is 0.775. The van der Waals surface area contributed by atoms with Crippen LogP contribution in [0.3, 0.4) is 0 Å². The van der Waals surface area contributed by atoms with Crippen LogP contribution in [-0.4, -0.2) is 39.4 Å². The van der Waals surface area contributed by atoms with E-state index >= 15 is 0 Å². The zero-order valence-corrected chi connectivity index (χ0v) is 12.5. The maximum absolute atomic E-state index is 12.0. The molecular formula is C10H17N3O4S2. The van der Waals surface area contributed by atoms with Gasteiger partial charge in [0.15, 0.2) is 9.84 Å². The van der Waals surface area contributed by atoms with E-state index in [1.165, 1.54) is 32.2 Å². The number of nitrogen functional groups attached to an aromatic ring is 1. The van der Waals surface area contributed by atoms with Crippen molar-refractivity contribution in [3.05, 3.63) is 18.3 Å². The first kappa shape index (κ1) is 15.9. The summed E-state index contributed by atoms with van der Waals surface area (Å²) < 4.78 is 48.0. The zero-order valence-electron chi connectivity index (χ0n) is 10.9. The van der Waals surface area contributed by atoms with Gasteiger partial charge in [0.1, 0.15) is 10.7 Å². The Morgan fingerprint density at radius 3 is 2.37 bits per heavy atom. The number of nitrogens with zero attached hydrogens (tertiary/aromatic N) is 1.